The summed E-state index contributed by atoms with van der Waals surface area (Å²) in [6, 6.07) is 20.1. The zero-order chi connectivity index (χ0) is 14.2. The van der Waals surface area contributed by atoms with Gasteiger partial charge in [0.25, 0.3) is 0 Å². The molecule has 0 bridgehead atoms. The van der Waals surface area contributed by atoms with Gasteiger partial charge in [0.2, 0.25) is 0 Å². The lowest BCUT2D eigenvalue weighted by atomic mass is 10.2. The van der Waals surface area contributed by atoms with Crippen molar-refractivity contribution in [1.29, 1.82) is 0 Å². The van der Waals surface area contributed by atoms with Gasteiger partial charge in [-0.15, -0.1) is 0 Å². The molecule has 2 rings (SSSR count). The number of hydrogen-bond acceptors (Lipinski definition) is 2. The van der Waals surface area contributed by atoms with E-state index in [1.54, 1.807) is 0 Å². The fourth-order valence-electron chi connectivity index (χ4n) is 1.79. The first-order valence-corrected chi connectivity index (χ1v) is 6.62. The smallest absolute Gasteiger partial charge is 0.134 e. The van der Waals surface area contributed by atoms with Gasteiger partial charge in [0, 0.05) is 12.1 Å². The van der Waals surface area contributed by atoms with Gasteiger partial charge in [0.05, 0.1) is 12.3 Å². The molecule has 0 aliphatic rings. The Morgan fingerprint density at radius 3 is 2.15 bits per heavy atom. The topological polar surface area (TPSA) is 21.3 Å². The van der Waals surface area contributed by atoms with Gasteiger partial charge in [0.15, 0.2) is 0 Å². The van der Waals surface area contributed by atoms with E-state index in [4.69, 9.17) is 4.74 Å². The molecule has 2 nitrogen and oxygen atoms in total. The molecule has 0 saturated carbocycles. The number of ether oxygens (including phenoxy) is 1. The van der Waals surface area contributed by atoms with E-state index in [9.17, 15) is 0 Å². The third-order valence-electron chi connectivity index (χ3n) is 2.92. The Hall–Kier alpha value is -2.48. The Kier molecular flexibility index (Phi) is 5.01. The van der Waals surface area contributed by atoms with Crippen LogP contribution in [0.15, 0.2) is 85.3 Å². The molecule has 0 aliphatic heterocycles. The van der Waals surface area contributed by atoms with Gasteiger partial charge in [-0.25, -0.2) is 0 Å². The minimum atomic E-state index is 0.574. The number of anilines is 1. The highest BCUT2D eigenvalue weighted by Gasteiger charge is 2.02. The van der Waals surface area contributed by atoms with Crippen molar-refractivity contribution < 1.29 is 4.74 Å². The van der Waals surface area contributed by atoms with Gasteiger partial charge < -0.3 is 10.1 Å². The van der Waals surface area contributed by atoms with Crippen LogP contribution in [-0.2, 0) is 11.2 Å². The summed E-state index contributed by atoms with van der Waals surface area (Å²) in [5.74, 6) is 0.574. The van der Waals surface area contributed by atoms with E-state index in [0.717, 1.165) is 12.1 Å². The highest BCUT2D eigenvalue weighted by atomic mass is 16.5. The van der Waals surface area contributed by atoms with Crippen LogP contribution in [0, 0.1) is 0 Å². The molecule has 1 N–H and O–H groups in total. The summed E-state index contributed by atoms with van der Waals surface area (Å²) in [7, 11) is 0. The van der Waals surface area contributed by atoms with Crippen molar-refractivity contribution >= 4 is 5.69 Å². The standard InChI is InChI=1S/C18H19NO/c1-15(19-18-11-7-4-8-12-18)16(2)20-14-13-17-9-5-3-6-10-17/h3-12,19H,1-2,13-14H2. The van der Waals surface area contributed by atoms with Crippen molar-refractivity contribution in [2.24, 2.45) is 0 Å². The van der Waals surface area contributed by atoms with E-state index in [0.29, 0.717) is 18.1 Å². The van der Waals surface area contributed by atoms with Gasteiger partial charge in [-0.2, -0.15) is 0 Å². The molecule has 0 saturated heterocycles. The summed E-state index contributed by atoms with van der Waals surface area (Å²) in [5.41, 5.74) is 2.91. The molecule has 20 heavy (non-hydrogen) atoms. The van der Waals surface area contributed by atoms with Crippen LogP contribution in [0.4, 0.5) is 5.69 Å². The second-order valence-electron chi connectivity index (χ2n) is 4.48. The highest BCUT2D eigenvalue weighted by Crippen LogP contribution is 2.13. The largest absolute Gasteiger partial charge is 0.492 e. The lowest BCUT2D eigenvalue weighted by Gasteiger charge is -2.13. The SMILES string of the molecule is C=C(Nc1ccccc1)C(=C)OCCc1ccccc1. The van der Waals surface area contributed by atoms with E-state index >= 15 is 0 Å². The maximum absolute atomic E-state index is 5.62. The first-order chi connectivity index (χ1) is 9.75. The number of benzene rings is 2. The molecular formula is C18H19NO. The monoisotopic (exact) mass is 265 g/mol. The van der Waals surface area contributed by atoms with Crippen LogP contribution < -0.4 is 5.32 Å². The number of hydrogen-bond donors (Lipinski definition) is 1. The Labute approximate surface area is 120 Å². The van der Waals surface area contributed by atoms with Crippen molar-refractivity contribution in [3.8, 4) is 0 Å². The molecule has 0 aromatic heterocycles. The van der Waals surface area contributed by atoms with Crippen LogP contribution >= 0.6 is 0 Å². The third-order valence-corrected chi connectivity index (χ3v) is 2.92. The van der Waals surface area contributed by atoms with Crippen molar-refractivity contribution in [2.75, 3.05) is 11.9 Å². The predicted octanol–water partition coefficient (Wildman–Crippen LogP) is 4.39. The van der Waals surface area contributed by atoms with E-state index in [1.165, 1.54) is 5.56 Å². The second-order valence-corrected chi connectivity index (χ2v) is 4.48. The molecule has 0 atom stereocenters. The van der Waals surface area contributed by atoms with Crippen LogP contribution in [0.1, 0.15) is 5.56 Å². The van der Waals surface area contributed by atoms with Crippen molar-refractivity contribution in [3.05, 3.63) is 90.8 Å². The normalized spacial score (nSPS) is 9.80. The van der Waals surface area contributed by atoms with Crippen LogP contribution in [0.2, 0.25) is 0 Å². The average molecular weight is 265 g/mol. The van der Waals surface area contributed by atoms with Crippen LogP contribution in [0.25, 0.3) is 0 Å². The molecule has 0 aliphatic carbocycles. The Balaban J connectivity index is 1.76. The summed E-state index contributed by atoms with van der Waals surface area (Å²) >= 11 is 0. The summed E-state index contributed by atoms with van der Waals surface area (Å²) in [4.78, 5) is 0. The number of para-hydroxylation sites is 1. The Morgan fingerprint density at radius 1 is 0.900 bits per heavy atom. The van der Waals surface area contributed by atoms with E-state index in [1.807, 2.05) is 48.5 Å². The minimum Gasteiger partial charge on any atom is -0.492 e. The Bertz CT molecular complexity index is 560. The second kappa shape index (κ2) is 7.19. The average Bonchev–Trinajstić information content (AvgIpc) is 2.49. The van der Waals surface area contributed by atoms with Gasteiger partial charge in [-0.3, -0.25) is 0 Å². The molecule has 2 aromatic rings. The van der Waals surface area contributed by atoms with Crippen LogP contribution in [0.3, 0.4) is 0 Å². The molecule has 102 valence electrons. The van der Waals surface area contributed by atoms with E-state index in [2.05, 4.69) is 30.6 Å². The molecular weight excluding hydrogens is 246 g/mol. The zero-order valence-corrected chi connectivity index (χ0v) is 11.5. The lowest BCUT2D eigenvalue weighted by molar-refractivity contribution is 0.226. The minimum absolute atomic E-state index is 0.574. The molecule has 2 aromatic carbocycles. The van der Waals surface area contributed by atoms with E-state index in [-0.39, 0.29) is 0 Å². The summed E-state index contributed by atoms with van der Waals surface area (Å²) in [6.45, 7) is 8.43. The molecule has 0 fully saturated rings. The predicted molar refractivity (Wildman–Crippen MR) is 84.4 cm³/mol. The summed E-state index contributed by atoms with van der Waals surface area (Å²) < 4.78 is 5.62. The summed E-state index contributed by atoms with van der Waals surface area (Å²) in [6.07, 6.45) is 0.860. The fraction of sp³-hybridized carbons (Fsp3) is 0.111. The van der Waals surface area contributed by atoms with Crippen molar-refractivity contribution in [1.82, 2.24) is 0 Å². The van der Waals surface area contributed by atoms with Gasteiger partial charge in [-0.05, 0) is 17.7 Å². The molecule has 0 unspecified atom stereocenters. The zero-order valence-electron chi connectivity index (χ0n) is 11.5. The van der Waals surface area contributed by atoms with Gasteiger partial charge in [-0.1, -0.05) is 61.7 Å². The Morgan fingerprint density at radius 2 is 1.50 bits per heavy atom. The van der Waals surface area contributed by atoms with Gasteiger partial charge in [0.1, 0.15) is 5.76 Å². The van der Waals surface area contributed by atoms with Crippen LogP contribution in [-0.4, -0.2) is 6.61 Å². The molecule has 0 radical (unpaired) electrons. The fourth-order valence-corrected chi connectivity index (χ4v) is 1.79. The molecule has 0 heterocycles. The first-order valence-electron chi connectivity index (χ1n) is 6.62. The van der Waals surface area contributed by atoms with Crippen molar-refractivity contribution in [2.45, 2.75) is 6.42 Å². The number of nitrogens with one attached hydrogen (secondary N) is 1. The quantitative estimate of drug-likeness (QED) is 0.592. The molecule has 2 heteroatoms. The summed E-state index contributed by atoms with van der Waals surface area (Å²) in [5, 5.41) is 3.17. The lowest BCUT2D eigenvalue weighted by Crippen LogP contribution is -2.05. The van der Waals surface area contributed by atoms with Gasteiger partial charge >= 0.3 is 0 Å². The maximum atomic E-state index is 5.62. The first kappa shape index (κ1) is 13.9. The van der Waals surface area contributed by atoms with Crippen molar-refractivity contribution in [3.63, 3.8) is 0 Å². The number of rotatable bonds is 7. The molecule has 0 spiro atoms. The van der Waals surface area contributed by atoms with E-state index < -0.39 is 0 Å². The highest BCUT2D eigenvalue weighted by molar-refractivity contribution is 5.50. The van der Waals surface area contributed by atoms with Crippen LogP contribution in [0.5, 0.6) is 0 Å². The maximum Gasteiger partial charge on any atom is 0.134 e. The third kappa shape index (κ3) is 4.32. The molecule has 0 amide bonds.